The lowest BCUT2D eigenvalue weighted by Gasteiger charge is -2.20. The van der Waals surface area contributed by atoms with Crippen LogP contribution in [-0.2, 0) is 14.9 Å². The van der Waals surface area contributed by atoms with E-state index in [0.29, 0.717) is 5.69 Å². The van der Waals surface area contributed by atoms with Crippen LogP contribution in [0.1, 0.15) is 38.1 Å². The maximum absolute atomic E-state index is 11.7. The summed E-state index contributed by atoms with van der Waals surface area (Å²) in [4.78, 5) is 31.5. The summed E-state index contributed by atoms with van der Waals surface area (Å²) in [5.74, 6) is -0.463. The molecule has 2 aromatic rings. The van der Waals surface area contributed by atoms with E-state index in [1.54, 1.807) is 6.07 Å². The maximum atomic E-state index is 11.7. The molecule has 31 heavy (non-hydrogen) atoms. The molecule has 0 bridgehead atoms. The number of aromatic nitrogens is 2. The monoisotopic (exact) mass is 450 g/mol. The molecule has 1 heterocycles. The molecule has 0 fully saturated rings. The summed E-state index contributed by atoms with van der Waals surface area (Å²) >= 11 is 0. The Morgan fingerprint density at radius 2 is 1.87 bits per heavy atom. The van der Waals surface area contributed by atoms with Crippen LogP contribution in [0.25, 0.3) is 0 Å². The average molecular weight is 451 g/mol. The fourth-order valence-corrected chi connectivity index (χ4v) is 2.83. The highest BCUT2D eigenvalue weighted by Gasteiger charge is 2.17. The van der Waals surface area contributed by atoms with Gasteiger partial charge in [-0.2, -0.15) is 13.4 Å². The first-order valence-corrected chi connectivity index (χ1v) is 11.2. The van der Waals surface area contributed by atoms with Crippen LogP contribution in [0, 0.1) is 5.92 Å². The minimum absolute atomic E-state index is 0.00699. The molecular formula is C19H26N6O5S. The van der Waals surface area contributed by atoms with Gasteiger partial charge in [-0.25, -0.2) is 4.98 Å². The second kappa shape index (κ2) is 9.60. The molecule has 0 aliphatic heterocycles. The van der Waals surface area contributed by atoms with Gasteiger partial charge in [-0.05, 0) is 25.0 Å². The highest BCUT2D eigenvalue weighted by molar-refractivity contribution is 7.86. The second-order valence-electron chi connectivity index (χ2n) is 7.30. The van der Waals surface area contributed by atoms with Crippen molar-refractivity contribution in [1.82, 2.24) is 9.97 Å². The van der Waals surface area contributed by atoms with Gasteiger partial charge in [-0.3, -0.25) is 9.59 Å². The summed E-state index contributed by atoms with van der Waals surface area (Å²) in [6.45, 7) is 7.27. The van der Waals surface area contributed by atoms with Crippen LogP contribution < -0.4 is 25.9 Å². The highest BCUT2D eigenvalue weighted by atomic mass is 32.2. The Labute approximate surface area is 180 Å². The van der Waals surface area contributed by atoms with E-state index >= 15 is 0 Å². The lowest BCUT2D eigenvalue weighted by atomic mass is 10.1. The Bertz CT molecular complexity index is 1090. The molecule has 0 saturated carbocycles. The van der Waals surface area contributed by atoms with Crippen LogP contribution in [0.3, 0.4) is 0 Å². The fourth-order valence-electron chi connectivity index (χ4n) is 2.37. The molecule has 2 rings (SSSR count). The Balaban J connectivity index is 2.39. The third kappa shape index (κ3) is 7.10. The van der Waals surface area contributed by atoms with Crippen LogP contribution >= 0.6 is 0 Å². The number of primary amides is 1. The van der Waals surface area contributed by atoms with E-state index in [1.165, 1.54) is 25.3 Å². The number of nitrogens with one attached hydrogen (secondary N) is 3. The first-order valence-electron chi connectivity index (χ1n) is 9.37. The summed E-state index contributed by atoms with van der Waals surface area (Å²) in [5, 5.41) is 8.56. The van der Waals surface area contributed by atoms with Crippen molar-refractivity contribution in [2.45, 2.75) is 33.7 Å². The Morgan fingerprint density at radius 3 is 2.42 bits per heavy atom. The number of nitrogens with two attached hydrogens (primary N) is 1. The smallest absolute Gasteiger partial charge is 0.306 e. The quantitative estimate of drug-likeness (QED) is 0.418. The number of rotatable bonds is 9. The molecule has 168 valence electrons. The van der Waals surface area contributed by atoms with Gasteiger partial charge in [0.25, 0.3) is 5.91 Å². The van der Waals surface area contributed by atoms with Crippen molar-refractivity contribution in [2.24, 2.45) is 11.7 Å². The third-order valence-corrected chi connectivity index (χ3v) is 4.69. The van der Waals surface area contributed by atoms with Gasteiger partial charge < -0.3 is 25.9 Å². The van der Waals surface area contributed by atoms with Gasteiger partial charge in [0.2, 0.25) is 11.9 Å². The number of hydrogen-bond acceptors (Lipinski definition) is 9. The van der Waals surface area contributed by atoms with Crippen LogP contribution in [0.15, 0.2) is 24.4 Å². The molecule has 1 aromatic carbocycles. The van der Waals surface area contributed by atoms with E-state index < -0.39 is 16.0 Å². The minimum atomic E-state index is -3.84. The largest absolute Gasteiger partial charge is 0.380 e. The molecule has 11 nitrogen and oxygen atoms in total. The molecule has 5 N–H and O–H groups in total. The summed E-state index contributed by atoms with van der Waals surface area (Å²) in [6.07, 6.45) is 2.19. The summed E-state index contributed by atoms with van der Waals surface area (Å²) in [6, 6.07) is 4.44. The molecule has 0 unspecified atom stereocenters. The lowest BCUT2D eigenvalue weighted by molar-refractivity contribution is -0.114. The number of hydrogen-bond donors (Lipinski definition) is 4. The third-order valence-electron chi connectivity index (χ3n) is 4.21. The summed E-state index contributed by atoms with van der Waals surface area (Å²) in [5.41, 5.74) is 6.13. The zero-order chi connectivity index (χ0) is 23.3. The van der Waals surface area contributed by atoms with Crippen LogP contribution in [0.4, 0.5) is 23.1 Å². The van der Waals surface area contributed by atoms with Gasteiger partial charge in [0.1, 0.15) is 5.82 Å². The molecule has 0 aliphatic carbocycles. The fraction of sp³-hybridized carbons (Fsp3) is 0.368. The van der Waals surface area contributed by atoms with E-state index in [2.05, 4.69) is 25.9 Å². The number of amides is 2. The highest BCUT2D eigenvalue weighted by Crippen LogP contribution is 2.30. The minimum Gasteiger partial charge on any atom is -0.380 e. The molecule has 1 aromatic heterocycles. The lowest BCUT2D eigenvalue weighted by Crippen LogP contribution is -2.25. The predicted octanol–water partition coefficient (Wildman–Crippen LogP) is 2.07. The average Bonchev–Trinajstić information content (AvgIpc) is 2.62. The number of nitrogens with zero attached hydrogens (tertiary/aromatic N) is 2. The van der Waals surface area contributed by atoms with Crippen molar-refractivity contribution in [1.29, 1.82) is 0 Å². The predicted molar refractivity (Wildman–Crippen MR) is 118 cm³/mol. The maximum Gasteiger partial charge on any atom is 0.306 e. The molecule has 2 amide bonds. The van der Waals surface area contributed by atoms with Crippen molar-refractivity contribution >= 4 is 45.1 Å². The number of benzene rings is 1. The van der Waals surface area contributed by atoms with E-state index in [4.69, 9.17) is 9.92 Å². The molecular weight excluding hydrogens is 424 g/mol. The van der Waals surface area contributed by atoms with Gasteiger partial charge in [0.05, 0.1) is 17.5 Å². The topological polar surface area (TPSA) is 165 Å². The standard InChI is InChI=1S/C19H26N6O5S/c1-10(2)11(3)22-18-14(17(20)27)9-21-19(25-18)24-13-6-7-15(23-12(4)26)16(8-13)30-31(5,28)29/h6-11H,1-5H3,(H2,20,27)(H,23,26)(H2,21,22,24,25)/t11-/m1/s1. The van der Waals surface area contributed by atoms with Crippen molar-refractivity contribution in [2.75, 3.05) is 22.2 Å². The van der Waals surface area contributed by atoms with Gasteiger partial charge >= 0.3 is 10.1 Å². The number of carbonyl (C=O) groups is 2. The van der Waals surface area contributed by atoms with E-state index in [1.807, 2.05) is 20.8 Å². The molecule has 0 spiro atoms. The van der Waals surface area contributed by atoms with Gasteiger partial charge in [0, 0.05) is 30.9 Å². The Morgan fingerprint density at radius 1 is 1.19 bits per heavy atom. The number of carbonyl (C=O) groups excluding carboxylic acids is 2. The molecule has 0 saturated heterocycles. The van der Waals surface area contributed by atoms with Crippen molar-refractivity contribution in [3.63, 3.8) is 0 Å². The SMILES string of the molecule is CC(=O)Nc1ccc(Nc2ncc(C(N)=O)c(N[C@H](C)C(C)C)n2)cc1OS(C)(=O)=O. The van der Waals surface area contributed by atoms with Gasteiger partial charge in [-0.1, -0.05) is 13.8 Å². The normalized spacial score (nSPS) is 12.2. The Kier molecular flexibility index (Phi) is 7.39. The first-order chi connectivity index (χ1) is 14.4. The molecule has 12 heteroatoms. The van der Waals surface area contributed by atoms with Crippen molar-refractivity contribution < 1.29 is 22.2 Å². The second-order valence-corrected chi connectivity index (χ2v) is 8.88. The zero-order valence-corrected chi connectivity index (χ0v) is 18.7. The van der Waals surface area contributed by atoms with E-state index in [-0.39, 0.29) is 46.6 Å². The first kappa shape index (κ1) is 23.9. The zero-order valence-electron chi connectivity index (χ0n) is 17.9. The summed E-state index contributed by atoms with van der Waals surface area (Å²) in [7, 11) is -3.84. The number of anilines is 4. The van der Waals surface area contributed by atoms with Gasteiger partial charge in [0.15, 0.2) is 5.75 Å². The molecule has 0 aliphatic rings. The van der Waals surface area contributed by atoms with Crippen LogP contribution in [-0.4, -0.2) is 42.5 Å². The van der Waals surface area contributed by atoms with Crippen LogP contribution in [0.5, 0.6) is 5.75 Å². The van der Waals surface area contributed by atoms with Gasteiger partial charge in [-0.15, -0.1) is 0 Å². The van der Waals surface area contributed by atoms with Crippen molar-refractivity contribution in [3.05, 3.63) is 30.0 Å². The molecule has 0 radical (unpaired) electrons. The van der Waals surface area contributed by atoms with Crippen molar-refractivity contribution in [3.8, 4) is 5.75 Å². The van der Waals surface area contributed by atoms with Crippen LogP contribution in [0.2, 0.25) is 0 Å². The Hall–Kier alpha value is -3.41. The summed E-state index contributed by atoms with van der Waals surface area (Å²) < 4.78 is 28.1. The molecule has 1 atom stereocenters. The van der Waals surface area contributed by atoms with E-state index in [9.17, 15) is 18.0 Å². The van der Waals surface area contributed by atoms with E-state index in [0.717, 1.165) is 6.26 Å².